The minimum atomic E-state index is -0.680. The molecule has 0 saturated heterocycles. The predicted molar refractivity (Wildman–Crippen MR) is 195 cm³/mol. The third kappa shape index (κ3) is 37.0. The van der Waals surface area contributed by atoms with E-state index in [2.05, 4.69) is 26.0 Å². The van der Waals surface area contributed by atoms with Crippen LogP contribution >= 0.6 is 0 Å². The molecule has 1 unspecified atom stereocenters. The van der Waals surface area contributed by atoms with E-state index in [0.29, 0.717) is 12.8 Å². The molecule has 0 fully saturated rings. The van der Waals surface area contributed by atoms with Crippen LogP contribution in [0.1, 0.15) is 232 Å². The Morgan fingerprint density at radius 2 is 0.800 bits per heavy atom. The van der Waals surface area contributed by atoms with Gasteiger partial charge in [-0.25, -0.2) is 0 Å². The van der Waals surface area contributed by atoms with Crippen LogP contribution in [-0.2, 0) is 14.3 Å². The molecule has 0 heterocycles. The second-order valence-corrected chi connectivity index (χ2v) is 13.8. The Balaban J connectivity index is 4.06. The summed E-state index contributed by atoms with van der Waals surface area (Å²) in [7, 11) is 0. The molecule has 0 saturated carbocycles. The Morgan fingerprint density at radius 1 is 0.467 bits per heavy atom. The molecule has 0 spiro atoms. The molecule has 0 aromatic heterocycles. The van der Waals surface area contributed by atoms with Crippen LogP contribution in [0.5, 0.6) is 0 Å². The molecule has 0 rings (SSSR count). The number of hydrogen-bond acceptors (Lipinski definition) is 3. The van der Waals surface area contributed by atoms with Gasteiger partial charge in [0.15, 0.2) is 0 Å². The summed E-state index contributed by atoms with van der Waals surface area (Å²) in [6, 6.07) is 0. The summed E-state index contributed by atoms with van der Waals surface area (Å²) in [5, 5.41) is 8.75. The molecule has 0 aliphatic carbocycles. The molecule has 0 bridgehead atoms. The Bertz CT molecular complexity index is 643. The van der Waals surface area contributed by atoms with Crippen LogP contribution in [0.3, 0.4) is 0 Å². The highest BCUT2D eigenvalue weighted by molar-refractivity contribution is 5.69. The SMILES string of the molecule is CCCCCC/C=C\CCCCCCCCC(=O)OC(CCCCCCCCCCCC)CCCCCCCCCCC(=O)O. The first kappa shape index (κ1) is 43.7. The van der Waals surface area contributed by atoms with Crippen molar-refractivity contribution in [3.05, 3.63) is 12.2 Å². The fourth-order valence-electron chi connectivity index (χ4n) is 6.24. The van der Waals surface area contributed by atoms with Crippen LogP contribution in [0, 0.1) is 0 Å². The van der Waals surface area contributed by atoms with Gasteiger partial charge in [0.2, 0.25) is 0 Å². The number of rotatable bonds is 37. The molecule has 4 heteroatoms. The van der Waals surface area contributed by atoms with Gasteiger partial charge in [-0.05, 0) is 64.2 Å². The molecule has 45 heavy (non-hydrogen) atoms. The van der Waals surface area contributed by atoms with Gasteiger partial charge < -0.3 is 9.84 Å². The van der Waals surface area contributed by atoms with E-state index in [-0.39, 0.29) is 12.1 Å². The monoisotopic (exact) mass is 635 g/mol. The lowest BCUT2D eigenvalue weighted by Crippen LogP contribution is -2.18. The van der Waals surface area contributed by atoms with Gasteiger partial charge in [0, 0.05) is 12.8 Å². The quantitative estimate of drug-likeness (QED) is 0.0419. The Morgan fingerprint density at radius 3 is 1.22 bits per heavy atom. The lowest BCUT2D eigenvalue weighted by molar-refractivity contribution is -0.150. The van der Waals surface area contributed by atoms with E-state index < -0.39 is 5.97 Å². The Labute approximate surface area is 281 Å². The number of esters is 1. The minimum absolute atomic E-state index is 0.0255. The largest absolute Gasteiger partial charge is 0.481 e. The normalized spacial score (nSPS) is 12.2. The number of carboxylic acids is 1. The van der Waals surface area contributed by atoms with Crippen molar-refractivity contribution in [2.75, 3.05) is 0 Å². The molecule has 0 aromatic carbocycles. The van der Waals surface area contributed by atoms with E-state index in [4.69, 9.17) is 9.84 Å². The van der Waals surface area contributed by atoms with Crippen molar-refractivity contribution in [1.82, 2.24) is 0 Å². The van der Waals surface area contributed by atoms with Crippen molar-refractivity contribution < 1.29 is 19.4 Å². The number of hydrogen-bond donors (Lipinski definition) is 1. The zero-order valence-electron chi connectivity index (χ0n) is 30.4. The number of ether oxygens (including phenoxy) is 1. The van der Waals surface area contributed by atoms with Crippen molar-refractivity contribution in [1.29, 1.82) is 0 Å². The average Bonchev–Trinajstić information content (AvgIpc) is 3.02. The smallest absolute Gasteiger partial charge is 0.306 e. The van der Waals surface area contributed by atoms with Crippen molar-refractivity contribution in [2.24, 2.45) is 0 Å². The fraction of sp³-hybridized carbons (Fsp3) is 0.902. The van der Waals surface area contributed by atoms with Crippen molar-refractivity contribution in [3.63, 3.8) is 0 Å². The lowest BCUT2D eigenvalue weighted by Gasteiger charge is -2.18. The third-order valence-corrected chi connectivity index (χ3v) is 9.24. The highest BCUT2D eigenvalue weighted by Gasteiger charge is 2.14. The summed E-state index contributed by atoms with van der Waals surface area (Å²) in [4.78, 5) is 23.3. The van der Waals surface area contributed by atoms with Gasteiger partial charge in [-0.15, -0.1) is 0 Å². The number of carboxylic acid groups (broad SMARTS) is 1. The second kappa shape index (κ2) is 37.1. The van der Waals surface area contributed by atoms with Gasteiger partial charge in [-0.1, -0.05) is 167 Å². The molecule has 4 nitrogen and oxygen atoms in total. The maximum absolute atomic E-state index is 12.7. The third-order valence-electron chi connectivity index (χ3n) is 9.24. The Hall–Kier alpha value is -1.32. The van der Waals surface area contributed by atoms with Crippen LogP contribution in [0.4, 0.5) is 0 Å². The average molecular weight is 635 g/mol. The van der Waals surface area contributed by atoms with Crippen molar-refractivity contribution >= 4 is 11.9 Å². The molecule has 0 aromatic rings. The summed E-state index contributed by atoms with van der Waals surface area (Å²) in [5.41, 5.74) is 0. The Kier molecular flexibility index (Phi) is 36.1. The first-order chi connectivity index (χ1) is 22.1. The zero-order valence-corrected chi connectivity index (χ0v) is 30.4. The summed E-state index contributed by atoms with van der Waals surface area (Å²) in [6.45, 7) is 4.54. The van der Waals surface area contributed by atoms with Crippen molar-refractivity contribution in [3.8, 4) is 0 Å². The van der Waals surface area contributed by atoms with E-state index >= 15 is 0 Å². The molecule has 0 radical (unpaired) electrons. The van der Waals surface area contributed by atoms with Gasteiger partial charge in [0.1, 0.15) is 6.10 Å². The summed E-state index contributed by atoms with van der Waals surface area (Å²) < 4.78 is 6.04. The van der Waals surface area contributed by atoms with E-state index in [0.717, 1.165) is 51.4 Å². The number of carbonyl (C=O) groups excluding carboxylic acids is 1. The highest BCUT2D eigenvalue weighted by atomic mass is 16.5. The standard InChI is InChI=1S/C41H78O4/c1-3-5-7-9-11-13-15-16-17-18-20-26-30-34-38-41(44)45-39(35-31-27-23-19-14-12-10-8-6-4-2)36-32-28-24-21-22-25-29-33-37-40(42)43/h13,15,39H,3-12,14,16-38H2,1-2H3,(H,42,43)/b15-13-. The first-order valence-corrected chi connectivity index (χ1v) is 20.2. The first-order valence-electron chi connectivity index (χ1n) is 20.2. The van der Waals surface area contributed by atoms with Gasteiger partial charge in [-0.2, -0.15) is 0 Å². The number of unbranched alkanes of at least 4 members (excludes halogenated alkanes) is 26. The highest BCUT2D eigenvalue weighted by Crippen LogP contribution is 2.19. The fourth-order valence-corrected chi connectivity index (χ4v) is 6.24. The van der Waals surface area contributed by atoms with Crippen molar-refractivity contribution in [2.45, 2.75) is 238 Å². The van der Waals surface area contributed by atoms with Gasteiger partial charge in [0.25, 0.3) is 0 Å². The molecule has 0 amide bonds. The van der Waals surface area contributed by atoms with E-state index in [1.54, 1.807) is 0 Å². The number of allylic oxidation sites excluding steroid dienone is 2. The van der Waals surface area contributed by atoms with E-state index in [1.807, 2.05) is 0 Å². The molecule has 0 aliphatic heterocycles. The van der Waals surface area contributed by atoms with E-state index in [1.165, 1.54) is 154 Å². The van der Waals surface area contributed by atoms with Crippen LogP contribution in [0.15, 0.2) is 12.2 Å². The predicted octanol–water partition coefficient (Wildman–Crippen LogP) is 13.8. The maximum atomic E-state index is 12.7. The van der Waals surface area contributed by atoms with Crippen LogP contribution in [0.2, 0.25) is 0 Å². The minimum Gasteiger partial charge on any atom is -0.481 e. The molecular formula is C41H78O4. The molecule has 1 N–H and O–H groups in total. The summed E-state index contributed by atoms with van der Waals surface area (Å²) >= 11 is 0. The van der Waals surface area contributed by atoms with Gasteiger partial charge in [0.05, 0.1) is 0 Å². The number of carbonyl (C=O) groups is 2. The lowest BCUT2D eigenvalue weighted by atomic mass is 10.0. The van der Waals surface area contributed by atoms with Gasteiger partial charge in [-0.3, -0.25) is 9.59 Å². The molecular weight excluding hydrogens is 556 g/mol. The molecule has 0 aliphatic rings. The van der Waals surface area contributed by atoms with Crippen LogP contribution in [-0.4, -0.2) is 23.1 Å². The maximum Gasteiger partial charge on any atom is 0.306 e. The van der Waals surface area contributed by atoms with Crippen LogP contribution in [0.25, 0.3) is 0 Å². The molecule has 1 atom stereocenters. The number of aliphatic carboxylic acids is 1. The molecule has 266 valence electrons. The summed E-state index contributed by atoms with van der Waals surface area (Å²) in [5.74, 6) is -0.654. The van der Waals surface area contributed by atoms with Crippen LogP contribution < -0.4 is 0 Å². The van der Waals surface area contributed by atoms with Gasteiger partial charge >= 0.3 is 11.9 Å². The van der Waals surface area contributed by atoms with E-state index in [9.17, 15) is 9.59 Å². The zero-order chi connectivity index (χ0) is 32.9. The summed E-state index contributed by atoms with van der Waals surface area (Å²) in [6.07, 6.45) is 45.2. The second-order valence-electron chi connectivity index (χ2n) is 13.8. The topological polar surface area (TPSA) is 63.6 Å².